The smallest absolute Gasteiger partial charge is 0.338 e. The van der Waals surface area contributed by atoms with Crippen LogP contribution in [0, 0.1) is 10.1 Å². The van der Waals surface area contributed by atoms with E-state index in [0.29, 0.717) is 28.8 Å². The quantitative estimate of drug-likeness (QED) is 0.431. The number of nitrogens with zero attached hydrogens (tertiary/aromatic N) is 2. The van der Waals surface area contributed by atoms with Crippen LogP contribution in [-0.2, 0) is 15.3 Å². The Morgan fingerprint density at radius 1 is 1.21 bits per heavy atom. The highest BCUT2D eigenvalue weighted by Gasteiger charge is 2.30. The number of non-ortho nitro benzene ring substituents is 1. The molecule has 0 aliphatic carbocycles. The van der Waals surface area contributed by atoms with Crippen LogP contribution in [0.5, 0.6) is 0 Å². The van der Waals surface area contributed by atoms with E-state index in [0.717, 1.165) is 11.1 Å². The van der Waals surface area contributed by atoms with Crippen molar-refractivity contribution in [1.29, 1.82) is 0 Å². The normalized spacial score (nSPS) is 16.1. The molecule has 1 aliphatic rings. The number of ether oxygens (including phenoxy) is 1. The van der Waals surface area contributed by atoms with Gasteiger partial charge in [-0.15, -0.1) is 0 Å². The summed E-state index contributed by atoms with van der Waals surface area (Å²) in [5.74, 6) is 0.211. The highest BCUT2D eigenvalue weighted by atomic mass is 32.2. The third-order valence-corrected chi connectivity index (χ3v) is 5.31. The second-order valence-corrected chi connectivity index (χ2v) is 7.31. The summed E-state index contributed by atoms with van der Waals surface area (Å²) in [7, 11) is 0. The van der Waals surface area contributed by atoms with Gasteiger partial charge < -0.3 is 10.1 Å². The zero-order chi connectivity index (χ0) is 20.8. The van der Waals surface area contributed by atoms with E-state index < -0.39 is 11.0 Å². The maximum Gasteiger partial charge on any atom is 0.338 e. The minimum absolute atomic E-state index is 0.0638. The molecule has 3 rings (SSSR count). The van der Waals surface area contributed by atoms with E-state index in [4.69, 9.17) is 9.73 Å². The maximum atomic E-state index is 12.5. The molecule has 0 radical (unpaired) electrons. The molecular formula is C21H21N3O4S. The Morgan fingerprint density at radius 2 is 1.90 bits per heavy atom. The SMILES string of the molecule is CCOC(=O)C1=C(C)NC(SCc2ccc([N+](=O)[O-])cc2)=N[C@H]1c1ccccc1. The van der Waals surface area contributed by atoms with Crippen LogP contribution in [0.3, 0.4) is 0 Å². The molecule has 2 aromatic carbocycles. The predicted octanol–water partition coefficient (Wildman–Crippen LogP) is 4.37. The number of nitrogens with one attached hydrogen (secondary N) is 1. The number of carbonyl (C=O) groups is 1. The van der Waals surface area contributed by atoms with Crippen molar-refractivity contribution in [3.05, 3.63) is 87.1 Å². The Labute approximate surface area is 173 Å². The van der Waals surface area contributed by atoms with Crippen LogP contribution in [0.4, 0.5) is 5.69 Å². The van der Waals surface area contributed by atoms with Crippen molar-refractivity contribution >= 4 is 28.6 Å². The fraction of sp³-hybridized carbons (Fsp3) is 0.238. The van der Waals surface area contributed by atoms with E-state index in [1.807, 2.05) is 37.3 Å². The van der Waals surface area contributed by atoms with Crippen LogP contribution in [0.15, 0.2) is 70.9 Å². The van der Waals surface area contributed by atoms with E-state index >= 15 is 0 Å². The molecule has 0 amide bonds. The number of nitro benzene ring substituents is 1. The first-order chi connectivity index (χ1) is 14.0. The van der Waals surface area contributed by atoms with Crippen molar-refractivity contribution in [2.45, 2.75) is 25.6 Å². The van der Waals surface area contributed by atoms with Crippen molar-refractivity contribution in [2.24, 2.45) is 4.99 Å². The number of hydrogen-bond donors (Lipinski definition) is 1. The summed E-state index contributed by atoms with van der Waals surface area (Å²) in [5.41, 5.74) is 3.12. The molecule has 150 valence electrons. The molecule has 0 unspecified atom stereocenters. The van der Waals surface area contributed by atoms with Gasteiger partial charge in [0.1, 0.15) is 6.04 Å². The van der Waals surface area contributed by atoms with Crippen molar-refractivity contribution in [1.82, 2.24) is 5.32 Å². The number of rotatable bonds is 6. The van der Waals surface area contributed by atoms with Gasteiger partial charge >= 0.3 is 5.97 Å². The lowest BCUT2D eigenvalue weighted by molar-refractivity contribution is -0.384. The van der Waals surface area contributed by atoms with Crippen molar-refractivity contribution in [2.75, 3.05) is 6.61 Å². The van der Waals surface area contributed by atoms with Gasteiger partial charge in [0, 0.05) is 23.6 Å². The Hall–Kier alpha value is -3.13. The number of aliphatic imine (C=N–C) groups is 1. The summed E-state index contributed by atoms with van der Waals surface area (Å²) in [6, 6.07) is 15.6. The molecule has 8 heteroatoms. The molecule has 0 bridgehead atoms. The van der Waals surface area contributed by atoms with Crippen LogP contribution >= 0.6 is 11.8 Å². The molecule has 0 spiro atoms. The molecule has 0 saturated carbocycles. The van der Waals surface area contributed by atoms with Gasteiger partial charge in [-0.3, -0.25) is 10.1 Å². The summed E-state index contributed by atoms with van der Waals surface area (Å²) in [5, 5.41) is 14.7. The van der Waals surface area contributed by atoms with Gasteiger partial charge in [-0.05, 0) is 25.0 Å². The topological polar surface area (TPSA) is 93.8 Å². The predicted molar refractivity (Wildman–Crippen MR) is 113 cm³/mol. The van der Waals surface area contributed by atoms with Gasteiger partial charge in [0.25, 0.3) is 5.69 Å². The van der Waals surface area contributed by atoms with Gasteiger partial charge in [-0.25, -0.2) is 9.79 Å². The summed E-state index contributed by atoms with van der Waals surface area (Å²) in [4.78, 5) is 27.6. The highest BCUT2D eigenvalue weighted by molar-refractivity contribution is 8.13. The number of allylic oxidation sites excluding steroid dienone is 1. The number of nitro groups is 1. The number of hydrogen-bond acceptors (Lipinski definition) is 7. The van der Waals surface area contributed by atoms with Gasteiger partial charge in [0.05, 0.1) is 17.1 Å². The second-order valence-electron chi connectivity index (χ2n) is 6.34. The fourth-order valence-corrected chi connectivity index (χ4v) is 3.84. The van der Waals surface area contributed by atoms with Crippen molar-refractivity contribution in [3.8, 4) is 0 Å². The molecule has 1 aliphatic heterocycles. The standard InChI is InChI=1S/C21H21N3O4S/c1-3-28-20(25)18-14(2)22-21(23-19(18)16-7-5-4-6-8-16)29-13-15-9-11-17(12-10-15)24(26)27/h4-12,19H,3,13H2,1-2H3,(H,22,23)/t19-/m0/s1. The Kier molecular flexibility index (Phi) is 6.66. The lowest BCUT2D eigenvalue weighted by atomic mass is 9.97. The van der Waals surface area contributed by atoms with Crippen molar-refractivity contribution < 1.29 is 14.5 Å². The van der Waals surface area contributed by atoms with Crippen LogP contribution < -0.4 is 5.32 Å². The minimum Gasteiger partial charge on any atom is -0.463 e. The van der Waals surface area contributed by atoms with Crippen molar-refractivity contribution in [3.63, 3.8) is 0 Å². The zero-order valence-corrected chi connectivity index (χ0v) is 16.9. The van der Waals surface area contributed by atoms with E-state index in [-0.39, 0.29) is 11.7 Å². The van der Waals surface area contributed by atoms with E-state index in [1.54, 1.807) is 19.1 Å². The first kappa shape index (κ1) is 20.6. The minimum atomic E-state index is -0.448. The number of esters is 1. The molecule has 1 heterocycles. The number of amidine groups is 1. The third kappa shape index (κ3) is 5.03. The molecule has 1 atom stereocenters. The Balaban J connectivity index is 1.81. The van der Waals surface area contributed by atoms with Crippen LogP contribution in [0.2, 0.25) is 0 Å². The molecule has 2 aromatic rings. The molecule has 7 nitrogen and oxygen atoms in total. The zero-order valence-electron chi connectivity index (χ0n) is 16.1. The fourth-order valence-electron chi connectivity index (χ4n) is 2.94. The maximum absolute atomic E-state index is 12.5. The van der Waals surface area contributed by atoms with E-state index in [9.17, 15) is 14.9 Å². The molecule has 0 fully saturated rings. The number of benzene rings is 2. The average molecular weight is 411 g/mol. The Bertz CT molecular complexity index is 956. The first-order valence-corrected chi connectivity index (χ1v) is 10.1. The molecule has 0 saturated heterocycles. The number of thioether (sulfide) groups is 1. The van der Waals surface area contributed by atoms with Gasteiger partial charge in [-0.1, -0.05) is 54.2 Å². The van der Waals surface area contributed by atoms with E-state index in [1.165, 1.54) is 23.9 Å². The summed E-state index contributed by atoms with van der Waals surface area (Å²) in [6.45, 7) is 3.90. The summed E-state index contributed by atoms with van der Waals surface area (Å²) < 4.78 is 5.23. The number of carbonyl (C=O) groups excluding carboxylic acids is 1. The summed E-state index contributed by atoms with van der Waals surface area (Å²) in [6.07, 6.45) is 0. The molecular weight excluding hydrogens is 390 g/mol. The van der Waals surface area contributed by atoms with Crippen LogP contribution in [0.25, 0.3) is 0 Å². The highest BCUT2D eigenvalue weighted by Crippen LogP contribution is 2.33. The average Bonchev–Trinajstić information content (AvgIpc) is 2.73. The van der Waals surface area contributed by atoms with Crippen LogP contribution in [-0.4, -0.2) is 22.7 Å². The lowest BCUT2D eigenvalue weighted by Crippen LogP contribution is -2.30. The lowest BCUT2D eigenvalue weighted by Gasteiger charge is -2.25. The summed E-state index contributed by atoms with van der Waals surface area (Å²) >= 11 is 1.48. The van der Waals surface area contributed by atoms with Gasteiger partial charge in [0.2, 0.25) is 0 Å². The monoisotopic (exact) mass is 411 g/mol. The Morgan fingerprint density at radius 3 is 2.52 bits per heavy atom. The largest absolute Gasteiger partial charge is 0.463 e. The third-order valence-electron chi connectivity index (χ3n) is 4.35. The van der Waals surface area contributed by atoms with Gasteiger partial charge in [-0.2, -0.15) is 0 Å². The molecule has 29 heavy (non-hydrogen) atoms. The van der Waals surface area contributed by atoms with Crippen LogP contribution in [0.1, 0.15) is 31.0 Å². The first-order valence-electron chi connectivity index (χ1n) is 9.13. The molecule has 1 N–H and O–H groups in total. The second kappa shape index (κ2) is 9.38. The van der Waals surface area contributed by atoms with Gasteiger partial charge in [0.15, 0.2) is 5.17 Å². The molecule has 0 aromatic heterocycles. The van der Waals surface area contributed by atoms with E-state index in [2.05, 4.69) is 5.32 Å².